The molecule has 0 bridgehead atoms. The van der Waals surface area contributed by atoms with Crippen LogP contribution in [0.15, 0.2) is 0 Å². The second-order valence-corrected chi connectivity index (χ2v) is 0. The Kier molecular flexibility index (Phi) is 96.2. The average Bonchev–Trinajstić information content (AvgIpc) is 0. The summed E-state index contributed by atoms with van der Waals surface area (Å²) in [7, 11) is 0. The second-order valence-electron chi connectivity index (χ2n) is 0. The van der Waals surface area contributed by atoms with Gasteiger partial charge >= 0.3 is 72.8 Å². The predicted octanol–water partition coefficient (Wildman–Crippen LogP) is -1.84. The van der Waals surface area contributed by atoms with Crippen LogP contribution in [-0.4, -0.2) is 72.8 Å². The van der Waals surface area contributed by atoms with E-state index in [2.05, 4.69) is 0 Å². The Bertz CT molecular complexity index is 8.00. The number of hydrogen-bond acceptors (Lipinski definition) is 0. The summed E-state index contributed by atoms with van der Waals surface area (Å²) in [5.41, 5.74) is 0. The molecule has 0 aliphatic rings. The molecule has 0 aromatic carbocycles. The summed E-state index contributed by atoms with van der Waals surface area (Å²) >= 11 is 0. The van der Waals surface area contributed by atoms with Crippen LogP contribution in [0.2, 0.25) is 0 Å². The van der Waals surface area contributed by atoms with Gasteiger partial charge in [0.05, 0.1) is 0 Å². The van der Waals surface area contributed by atoms with Crippen LogP contribution in [0.3, 0.4) is 0 Å². The topological polar surface area (TPSA) is 0 Å². The first-order valence-corrected chi connectivity index (χ1v) is 0. The van der Waals surface area contributed by atoms with Gasteiger partial charge in [-0.15, -0.1) is 0 Å². The summed E-state index contributed by atoms with van der Waals surface area (Å²) in [6.45, 7) is 0. The Morgan fingerprint density at radius 3 is 1.00 bits per heavy atom. The van der Waals surface area contributed by atoms with Gasteiger partial charge in [0.2, 0.25) is 0 Å². The molecule has 0 heterocycles. The van der Waals surface area contributed by atoms with Gasteiger partial charge in [0.1, 0.15) is 0 Å². The zero-order chi connectivity index (χ0) is 0. The zero-order valence-electron chi connectivity index (χ0n) is 1.59. The van der Waals surface area contributed by atoms with Crippen molar-refractivity contribution in [3.05, 3.63) is 0 Å². The molecule has 0 unspecified atom stereocenters. The fraction of sp³-hybridized carbons (Fsp3) is 0. The first kappa shape index (κ1) is 24.4. The van der Waals surface area contributed by atoms with Crippen LogP contribution >= 0.6 is 0 Å². The van der Waals surface area contributed by atoms with Crippen LogP contribution in [0.1, 0.15) is 0 Å². The summed E-state index contributed by atoms with van der Waals surface area (Å²) in [6.07, 6.45) is 0. The van der Waals surface area contributed by atoms with Crippen LogP contribution < -0.4 is 0 Å². The van der Waals surface area contributed by atoms with E-state index in [1.54, 1.807) is 0 Å². The maximum absolute atomic E-state index is 0. The molecule has 0 aliphatic carbocycles. The van der Waals surface area contributed by atoms with Gasteiger partial charge in [-0.05, 0) is 0 Å². The molecule has 0 aromatic heterocycles. The summed E-state index contributed by atoms with van der Waals surface area (Å²) in [5, 5.41) is 0. The van der Waals surface area contributed by atoms with E-state index in [-0.39, 0.29) is 123 Å². The molecule has 4 heteroatoms. The quantitative estimate of drug-likeness (QED) is 0.380. The van der Waals surface area contributed by atoms with Crippen LogP contribution in [0.5, 0.6) is 0 Å². The van der Waals surface area contributed by atoms with Gasteiger partial charge in [0.25, 0.3) is 0 Å². The molecular formula is H4CuPbSrY. The van der Waals surface area contributed by atoms with Gasteiger partial charge in [0, 0.05) is 49.8 Å². The fourth-order valence-corrected chi connectivity index (χ4v) is 0. The van der Waals surface area contributed by atoms with E-state index in [9.17, 15) is 0 Å². The SMILES string of the molecule is [Cu].[PbH2].[SrH2].[Y]. The maximum Gasteiger partial charge on any atom is 0 e. The van der Waals surface area contributed by atoms with Crippen molar-refractivity contribution in [2.24, 2.45) is 0 Å². The minimum absolute atomic E-state index is 0. The third-order valence-electron chi connectivity index (χ3n) is 0. The first-order chi connectivity index (χ1) is 0. The smallest absolute Gasteiger partial charge is 0 e. The van der Waals surface area contributed by atoms with E-state index in [1.807, 2.05) is 0 Å². The van der Waals surface area contributed by atoms with E-state index in [0.717, 1.165) is 0 Å². The molecule has 0 atom stereocenters. The van der Waals surface area contributed by atoms with Gasteiger partial charge in [-0.3, -0.25) is 0 Å². The Hall–Kier alpha value is 4.03. The van der Waals surface area contributed by atoms with E-state index < -0.39 is 0 Å². The molecule has 0 amide bonds. The maximum atomic E-state index is 0. The van der Waals surface area contributed by atoms with Crippen LogP contribution in [0.4, 0.5) is 0 Å². The third kappa shape index (κ3) is 9.39. The van der Waals surface area contributed by atoms with Crippen LogP contribution in [0.25, 0.3) is 0 Å². The Balaban J connectivity index is 0. The van der Waals surface area contributed by atoms with Gasteiger partial charge in [0.15, 0.2) is 0 Å². The van der Waals surface area contributed by atoms with E-state index in [1.165, 1.54) is 0 Å². The normalized spacial score (nSPS) is 0. The molecule has 4 radical (unpaired) electrons. The van der Waals surface area contributed by atoms with Crippen molar-refractivity contribution in [1.82, 2.24) is 0 Å². The van der Waals surface area contributed by atoms with Crippen molar-refractivity contribution in [3.63, 3.8) is 0 Å². The van der Waals surface area contributed by atoms with E-state index in [4.69, 9.17) is 0 Å². The minimum Gasteiger partial charge on any atom is 0 e. The summed E-state index contributed by atoms with van der Waals surface area (Å²) in [6, 6.07) is 0. The Morgan fingerprint density at radius 2 is 1.00 bits per heavy atom. The summed E-state index contributed by atoms with van der Waals surface area (Å²) in [4.78, 5) is 0. The van der Waals surface area contributed by atoms with Crippen molar-refractivity contribution in [1.29, 1.82) is 0 Å². The molecule has 0 fully saturated rings. The molecule has 0 aliphatic heterocycles. The molecular weight excluding hydrogens is 447 g/mol. The molecule has 0 N–H and O–H groups in total. The summed E-state index contributed by atoms with van der Waals surface area (Å²) < 4.78 is 0. The Labute approximate surface area is 119 Å². The van der Waals surface area contributed by atoms with Gasteiger partial charge in [-0.1, -0.05) is 0 Å². The largest absolute Gasteiger partial charge is 0 e. The van der Waals surface area contributed by atoms with Gasteiger partial charge in [-0.2, -0.15) is 0 Å². The van der Waals surface area contributed by atoms with Gasteiger partial charge in [-0.25, -0.2) is 0 Å². The Morgan fingerprint density at radius 1 is 1.00 bits per heavy atom. The van der Waals surface area contributed by atoms with Gasteiger partial charge < -0.3 is 0 Å². The van der Waals surface area contributed by atoms with Crippen molar-refractivity contribution in [2.45, 2.75) is 0 Å². The van der Waals surface area contributed by atoms with Crippen molar-refractivity contribution >= 4 is 72.8 Å². The summed E-state index contributed by atoms with van der Waals surface area (Å²) in [5.74, 6) is 0. The van der Waals surface area contributed by atoms with E-state index >= 15 is 0 Å². The fourth-order valence-electron chi connectivity index (χ4n) is 0. The zero-order valence-corrected chi connectivity index (χ0v) is 10.9. The number of hydrogen-bond donors (Lipinski definition) is 0. The molecule has 4 heavy (non-hydrogen) atoms. The number of rotatable bonds is 0. The molecule has 0 saturated heterocycles. The predicted molar refractivity (Wildman–Crippen MR) is 17.1 cm³/mol. The average molecular weight is 451 g/mol. The molecule has 0 spiro atoms. The first-order valence-electron chi connectivity index (χ1n) is 0. The third-order valence-corrected chi connectivity index (χ3v) is 0. The molecule has 24 valence electrons. The van der Waals surface area contributed by atoms with Crippen LogP contribution in [0, 0.1) is 0 Å². The van der Waals surface area contributed by atoms with E-state index in [0.29, 0.717) is 0 Å². The second kappa shape index (κ2) is 15.7. The minimum atomic E-state index is 0. The molecule has 0 rings (SSSR count). The van der Waals surface area contributed by atoms with Crippen molar-refractivity contribution < 1.29 is 49.8 Å². The monoisotopic (exact) mass is 452 g/mol. The molecule has 0 aromatic rings. The van der Waals surface area contributed by atoms with Crippen molar-refractivity contribution in [3.8, 4) is 0 Å². The standard InChI is InChI=1S/Cu.Pb.Sr.Y.4H. The molecule has 0 saturated carbocycles. The molecule has 0 nitrogen and oxygen atoms in total. The van der Waals surface area contributed by atoms with Crippen LogP contribution in [-0.2, 0) is 49.8 Å². The van der Waals surface area contributed by atoms with Crippen molar-refractivity contribution in [2.75, 3.05) is 0 Å².